The van der Waals surface area contributed by atoms with Crippen molar-refractivity contribution < 1.29 is 25.2 Å². The van der Waals surface area contributed by atoms with Crippen molar-refractivity contribution in [3.8, 4) is 23.0 Å². The van der Waals surface area contributed by atoms with Crippen LogP contribution in [0.1, 0.15) is 33.0 Å². The van der Waals surface area contributed by atoms with Crippen molar-refractivity contribution in [3.05, 3.63) is 80.8 Å². The number of hydrogen-bond donors (Lipinski definition) is 4. The predicted molar refractivity (Wildman–Crippen MR) is 102 cm³/mol. The first kappa shape index (κ1) is 18.9. The molecule has 7 heteroatoms. The molecule has 3 rings (SSSR count). The molecular formula is C20H14Cl2O5. The highest BCUT2D eigenvalue weighted by molar-refractivity contribution is 6.32. The molecule has 138 valence electrons. The van der Waals surface area contributed by atoms with E-state index in [1.54, 1.807) is 24.3 Å². The number of carbonyl (C=O) groups is 1. The van der Waals surface area contributed by atoms with E-state index in [4.69, 9.17) is 23.2 Å². The van der Waals surface area contributed by atoms with Crippen LogP contribution in [0.2, 0.25) is 10.0 Å². The Labute approximate surface area is 164 Å². The molecule has 0 aliphatic heterocycles. The van der Waals surface area contributed by atoms with Crippen molar-refractivity contribution in [2.45, 2.75) is 5.92 Å². The largest absolute Gasteiger partial charge is 0.507 e. The third-order valence-electron chi connectivity index (χ3n) is 4.22. The van der Waals surface area contributed by atoms with Crippen molar-refractivity contribution in [1.82, 2.24) is 0 Å². The topological polar surface area (TPSA) is 98.0 Å². The van der Waals surface area contributed by atoms with Crippen LogP contribution >= 0.6 is 23.2 Å². The molecule has 0 amide bonds. The van der Waals surface area contributed by atoms with Crippen molar-refractivity contribution in [1.29, 1.82) is 0 Å². The number of carbonyl (C=O) groups excluding carboxylic acids is 1. The molecule has 0 saturated heterocycles. The molecule has 4 N–H and O–H groups in total. The lowest BCUT2D eigenvalue weighted by atomic mass is 9.83. The minimum Gasteiger partial charge on any atom is -0.507 e. The van der Waals surface area contributed by atoms with Crippen LogP contribution in [0.25, 0.3) is 0 Å². The van der Waals surface area contributed by atoms with E-state index in [9.17, 15) is 25.2 Å². The molecule has 0 spiro atoms. The maximum Gasteiger partial charge on any atom is 0.150 e. The normalized spacial score (nSPS) is 10.9. The first-order valence-corrected chi connectivity index (χ1v) is 8.55. The van der Waals surface area contributed by atoms with Crippen LogP contribution < -0.4 is 0 Å². The van der Waals surface area contributed by atoms with Crippen molar-refractivity contribution in [2.24, 2.45) is 0 Å². The molecule has 0 saturated carbocycles. The van der Waals surface area contributed by atoms with E-state index in [2.05, 4.69) is 0 Å². The molecule has 0 aromatic heterocycles. The maximum absolute atomic E-state index is 10.9. The van der Waals surface area contributed by atoms with Gasteiger partial charge in [-0.15, -0.1) is 0 Å². The summed E-state index contributed by atoms with van der Waals surface area (Å²) in [6.07, 6.45) is 0.697. The fourth-order valence-corrected chi connectivity index (χ4v) is 3.23. The average molecular weight is 405 g/mol. The van der Waals surface area contributed by atoms with Crippen LogP contribution in [0.5, 0.6) is 23.0 Å². The van der Waals surface area contributed by atoms with E-state index in [1.807, 2.05) is 0 Å². The molecule has 0 unspecified atom stereocenters. The third-order valence-corrected chi connectivity index (χ3v) is 4.83. The maximum atomic E-state index is 10.9. The second kappa shape index (κ2) is 7.39. The number of aldehydes is 1. The van der Waals surface area contributed by atoms with Gasteiger partial charge in [0.1, 0.15) is 29.3 Å². The Bertz CT molecular complexity index is 958. The van der Waals surface area contributed by atoms with Crippen LogP contribution in [-0.4, -0.2) is 26.7 Å². The molecule has 5 nitrogen and oxygen atoms in total. The highest BCUT2D eigenvalue weighted by atomic mass is 35.5. The molecule has 3 aromatic carbocycles. The summed E-state index contributed by atoms with van der Waals surface area (Å²) in [5.74, 6) is -1.81. The van der Waals surface area contributed by atoms with E-state index >= 15 is 0 Å². The Balaban J connectivity index is 2.28. The smallest absolute Gasteiger partial charge is 0.150 e. The Kier molecular flexibility index (Phi) is 5.17. The van der Waals surface area contributed by atoms with Crippen molar-refractivity contribution in [3.63, 3.8) is 0 Å². The molecular weight excluding hydrogens is 391 g/mol. The first-order valence-electron chi connectivity index (χ1n) is 7.79. The van der Waals surface area contributed by atoms with E-state index in [0.717, 1.165) is 12.1 Å². The number of rotatable bonds is 4. The first-order chi connectivity index (χ1) is 12.8. The van der Waals surface area contributed by atoms with E-state index < -0.39 is 5.92 Å². The molecule has 0 aliphatic rings. The fraction of sp³-hybridized carbons (Fsp3) is 0.0500. The monoisotopic (exact) mass is 404 g/mol. The van der Waals surface area contributed by atoms with Crippen LogP contribution in [0.4, 0.5) is 0 Å². The minimum atomic E-state index is -0.734. The van der Waals surface area contributed by atoms with Crippen LogP contribution in [0, 0.1) is 0 Å². The summed E-state index contributed by atoms with van der Waals surface area (Å²) in [6, 6.07) is 11.5. The zero-order chi connectivity index (χ0) is 19.7. The fourth-order valence-electron chi connectivity index (χ4n) is 2.89. The van der Waals surface area contributed by atoms with E-state index in [1.165, 1.54) is 12.1 Å². The standard InChI is InChI=1S/C20H14Cl2O5/c21-14-5-12(16(24)7-18(14)26)20(11-3-1-10(9-23)2-4-11)13-6-15(22)19(27)8-17(13)25/h1-9,20,24-27H. The van der Waals surface area contributed by atoms with Crippen LogP contribution in [-0.2, 0) is 0 Å². The lowest BCUT2D eigenvalue weighted by Gasteiger charge is -2.22. The summed E-state index contributed by atoms with van der Waals surface area (Å²) in [5, 5.41) is 40.2. The lowest BCUT2D eigenvalue weighted by Crippen LogP contribution is -2.05. The summed E-state index contributed by atoms with van der Waals surface area (Å²) in [6.45, 7) is 0. The molecule has 0 bridgehead atoms. The number of aromatic hydroxyl groups is 4. The van der Waals surface area contributed by atoms with Gasteiger partial charge in [0.2, 0.25) is 0 Å². The number of hydrogen-bond acceptors (Lipinski definition) is 5. The van der Waals surface area contributed by atoms with Gasteiger partial charge in [0, 0.05) is 34.7 Å². The molecule has 0 aliphatic carbocycles. The highest BCUT2D eigenvalue weighted by Crippen LogP contribution is 2.45. The zero-order valence-electron chi connectivity index (χ0n) is 13.7. The molecule has 0 fully saturated rings. The van der Waals surface area contributed by atoms with Crippen LogP contribution in [0.3, 0.4) is 0 Å². The minimum absolute atomic E-state index is 0.0154. The lowest BCUT2D eigenvalue weighted by molar-refractivity contribution is 0.112. The number of phenols is 4. The Morgan fingerprint density at radius 1 is 0.704 bits per heavy atom. The van der Waals surface area contributed by atoms with Crippen LogP contribution in [0.15, 0.2) is 48.5 Å². The van der Waals surface area contributed by atoms with Gasteiger partial charge in [-0.2, -0.15) is 0 Å². The summed E-state index contributed by atoms with van der Waals surface area (Å²) in [4.78, 5) is 10.9. The van der Waals surface area contributed by atoms with Crippen molar-refractivity contribution >= 4 is 29.5 Å². The van der Waals surface area contributed by atoms with E-state index in [-0.39, 0.29) is 33.0 Å². The Hall–Kier alpha value is -2.89. The van der Waals surface area contributed by atoms with Gasteiger partial charge in [0.15, 0.2) is 0 Å². The van der Waals surface area contributed by atoms with Gasteiger partial charge in [-0.05, 0) is 17.7 Å². The second-order valence-corrected chi connectivity index (χ2v) is 6.76. The molecule has 0 heterocycles. The molecule has 3 aromatic rings. The van der Waals surface area contributed by atoms with Gasteiger partial charge in [-0.3, -0.25) is 4.79 Å². The van der Waals surface area contributed by atoms with Gasteiger partial charge in [-0.1, -0.05) is 47.5 Å². The predicted octanol–water partition coefficient (Wildman–Crippen LogP) is 4.81. The summed E-state index contributed by atoms with van der Waals surface area (Å²) >= 11 is 12.0. The Morgan fingerprint density at radius 2 is 1.15 bits per heavy atom. The highest BCUT2D eigenvalue weighted by Gasteiger charge is 2.25. The average Bonchev–Trinajstić information content (AvgIpc) is 2.64. The second-order valence-electron chi connectivity index (χ2n) is 5.94. The molecule has 27 heavy (non-hydrogen) atoms. The van der Waals surface area contributed by atoms with Crippen molar-refractivity contribution in [2.75, 3.05) is 0 Å². The number of benzene rings is 3. The SMILES string of the molecule is O=Cc1ccc(C(c2cc(Cl)c(O)cc2O)c2cc(Cl)c(O)cc2O)cc1. The number of phenolic OH excluding ortho intramolecular Hbond substituents is 4. The zero-order valence-corrected chi connectivity index (χ0v) is 15.2. The summed E-state index contributed by atoms with van der Waals surface area (Å²) in [5.41, 5.74) is 1.68. The van der Waals surface area contributed by atoms with Gasteiger partial charge in [-0.25, -0.2) is 0 Å². The number of halogens is 2. The summed E-state index contributed by atoms with van der Waals surface area (Å²) < 4.78 is 0. The molecule has 0 atom stereocenters. The third kappa shape index (κ3) is 3.65. The Morgan fingerprint density at radius 3 is 1.56 bits per heavy atom. The van der Waals surface area contributed by atoms with E-state index in [0.29, 0.717) is 28.5 Å². The molecule has 0 radical (unpaired) electrons. The van der Waals surface area contributed by atoms with Gasteiger partial charge in [0.25, 0.3) is 0 Å². The van der Waals surface area contributed by atoms with Gasteiger partial charge < -0.3 is 20.4 Å². The van der Waals surface area contributed by atoms with Gasteiger partial charge >= 0.3 is 0 Å². The quantitative estimate of drug-likeness (QED) is 0.369. The summed E-state index contributed by atoms with van der Waals surface area (Å²) in [7, 11) is 0. The van der Waals surface area contributed by atoms with Gasteiger partial charge in [0.05, 0.1) is 10.0 Å².